The zero-order valence-corrected chi connectivity index (χ0v) is 8.81. The van der Waals surface area contributed by atoms with E-state index in [0.717, 1.165) is 25.7 Å². The summed E-state index contributed by atoms with van der Waals surface area (Å²) in [5, 5.41) is 16.6. The van der Waals surface area contributed by atoms with Crippen LogP contribution in [0.3, 0.4) is 0 Å². The minimum Gasteiger partial charge on any atom is -0.396 e. The van der Waals surface area contributed by atoms with Crippen molar-refractivity contribution in [2.24, 2.45) is 0 Å². The number of aliphatic hydroxyl groups is 2. The number of hydrogen-bond donors (Lipinski definition) is 2. The van der Waals surface area contributed by atoms with Gasteiger partial charge in [0.1, 0.15) is 0 Å². The quantitative estimate of drug-likeness (QED) is 0.482. The van der Waals surface area contributed by atoms with Crippen molar-refractivity contribution in [2.75, 3.05) is 13.2 Å². The molecule has 52 valence electrons. The van der Waals surface area contributed by atoms with Crippen LogP contribution in [0, 0.1) is 0 Å². The fourth-order valence-electron chi connectivity index (χ4n) is 0.577. The van der Waals surface area contributed by atoms with Gasteiger partial charge in [0.2, 0.25) is 0 Å². The van der Waals surface area contributed by atoms with Crippen molar-refractivity contribution in [1.82, 2.24) is 0 Å². The van der Waals surface area contributed by atoms with Gasteiger partial charge >= 0.3 is 0 Å². The second kappa shape index (κ2) is 11.4. The van der Waals surface area contributed by atoms with Gasteiger partial charge in [0.15, 0.2) is 0 Å². The van der Waals surface area contributed by atoms with Crippen LogP contribution in [0.5, 0.6) is 0 Å². The average molecular weight is 184 g/mol. The molecule has 2 nitrogen and oxygen atoms in total. The maximum Gasteiger partial charge on any atom is 0.0431 e. The van der Waals surface area contributed by atoms with Gasteiger partial charge in [-0.1, -0.05) is 12.8 Å². The summed E-state index contributed by atoms with van der Waals surface area (Å²) >= 11 is 0. The van der Waals surface area contributed by atoms with E-state index in [1.54, 1.807) is 0 Å². The van der Waals surface area contributed by atoms with E-state index < -0.39 is 0 Å². The van der Waals surface area contributed by atoms with Crippen molar-refractivity contribution >= 4 is 0 Å². The van der Waals surface area contributed by atoms with Gasteiger partial charge in [-0.05, 0) is 12.8 Å². The molecule has 0 aromatic carbocycles. The second-order valence-corrected chi connectivity index (χ2v) is 1.86. The maximum atomic E-state index is 8.30. The van der Waals surface area contributed by atoms with Crippen molar-refractivity contribution in [3.05, 3.63) is 0 Å². The van der Waals surface area contributed by atoms with E-state index >= 15 is 0 Å². The molecular weight excluding hydrogens is 169 g/mol. The van der Waals surface area contributed by atoms with Gasteiger partial charge in [0, 0.05) is 32.7 Å². The SMILES string of the molecule is OCCCCCCO.[Zn]. The van der Waals surface area contributed by atoms with Gasteiger partial charge in [-0.3, -0.25) is 0 Å². The van der Waals surface area contributed by atoms with Crippen molar-refractivity contribution < 1.29 is 29.7 Å². The predicted octanol–water partition coefficient (Wildman–Crippen LogP) is 0.529. The molecule has 0 aliphatic heterocycles. The molecule has 0 aromatic rings. The van der Waals surface area contributed by atoms with Gasteiger partial charge in [0.25, 0.3) is 0 Å². The molecular formula is C6H14O2Zn. The Morgan fingerprint density at radius 1 is 0.667 bits per heavy atom. The Bertz CT molecular complexity index is 36.0. The van der Waals surface area contributed by atoms with Crippen LogP contribution in [0.15, 0.2) is 0 Å². The van der Waals surface area contributed by atoms with Gasteiger partial charge in [-0.2, -0.15) is 0 Å². The Kier molecular flexibility index (Phi) is 15.4. The summed E-state index contributed by atoms with van der Waals surface area (Å²) < 4.78 is 0. The average Bonchev–Trinajstić information content (AvgIpc) is 1.81. The number of unbranched alkanes of at least 4 members (excludes halogenated alkanes) is 3. The summed E-state index contributed by atoms with van der Waals surface area (Å²) in [4.78, 5) is 0. The molecule has 0 atom stereocenters. The molecule has 0 saturated carbocycles. The van der Waals surface area contributed by atoms with Crippen LogP contribution >= 0.6 is 0 Å². The molecule has 0 spiro atoms. The Morgan fingerprint density at radius 3 is 1.22 bits per heavy atom. The first-order valence-electron chi connectivity index (χ1n) is 3.13. The summed E-state index contributed by atoms with van der Waals surface area (Å²) in [5.41, 5.74) is 0. The summed E-state index contributed by atoms with van der Waals surface area (Å²) in [6.45, 7) is 0.566. The van der Waals surface area contributed by atoms with Crippen LogP contribution in [0.2, 0.25) is 0 Å². The van der Waals surface area contributed by atoms with Crippen molar-refractivity contribution in [3.8, 4) is 0 Å². The third-order valence-electron chi connectivity index (χ3n) is 1.07. The monoisotopic (exact) mass is 182 g/mol. The van der Waals surface area contributed by atoms with Crippen molar-refractivity contribution in [1.29, 1.82) is 0 Å². The first kappa shape index (κ1) is 12.2. The standard InChI is InChI=1S/C6H14O2.Zn/c7-5-3-1-2-4-6-8;/h7-8H,1-6H2;. The van der Waals surface area contributed by atoms with E-state index in [9.17, 15) is 0 Å². The van der Waals surface area contributed by atoms with E-state index in [4.69, 9.17) is 10.2 Å². The predicted molar refractivity (Wildman–Crippen MR) is 32.6 cm³/mol. The number of aliphatic hydroxyl groups excluding tert-OH is 2. The van der Waals surface area contributed by atoms with Crippen LogP contribution in [-0.4, -0.2) is 23.4 Å². The third-order valence-corrected chi connectivity index (χ3v) is 1.07. The van der Waals surface area contributed by atoms with Gasteiger partial charge in [0.05, 0.1) is 0 Å². The smallest absolute Gasteiger partial charge is 0.0431 e. The molecule has 2 N–H and O–H groups in total. The van der Waals surface area contributed by atoms with Crippen LogP contribution in [0.25, 0.3) is 0 Å². The Balaban J connectivity index is 0. The molecule has 0 rings (SSSR count). The van der Waals surface area contributed by atoms with Crippen LogP contribution in [0.1, 0.15) is 25.7 Å². The molecule has 0 aromatic heterocycles. The van der Waals surface area contributed by atoms with E-state index in [-0.39, 0.29) is 32.7 Å². The minimum atomic E-state index is 0. The van der Waals surface area contributed by atoms with E-state index in [1.807, 2.05) is 0 Å². The van der Waals surface area contributed by atoms with E-state index in [1.165, 1.54) is 0 Å². The Labute approximate surface area is 69.0 Å². The van der Waals surface area contributed by atoms with Crippen LogP contribution in [-0.2, 0) is 19.5 Å². The van der Waals surface area contributed by atoms with E-state index in [0.29, 0.717) is 0 Å². The normalized spacial score (nSPS) is 8.67. The molecule has 0 saturated heterocycles. The molecule has 0 radical (unpaired) electrons. The van der Waals surface area contributed by atoms with Crippen LogP contribution < -0.4 is 0 Å². The summed E-state index contributed by atoms with van der Waals surface area (Å²) in [5.74, 6) is 0. The maximum absolute atomic E-state index is 8.30. The largest absolute Gasteiger partial charge is 0.396 e. The molecule has 3 heteroatoms. The summed E-state index contributed by atoms with van der Waals surface area (Å²) in [6.07, 6.45) is 3.83. The number of rotatable bonds is 5. The molecule has 0 unspecified atom stereocenters. The molecule has 0 amide bonds. The second-order valence-electron chi connectivity index (χ2n) is 1.86. The zero-order valence-electron chi connectivity index (χ0n) is 5.84. The Morgan fingerprint density at radius 2 is 1.00 bits per heavy atom. The topological polar surface area (TPSA) is 40.5 Å². The molecule has 0 bridgehead atoms. The first-order chi connectivity index (χ1) is 3.91. The summed E-state index contributed by atoms with van der Waals surface area (Å²) in [7, 11) is 0. The summed E-state index contributed by atoms with van der Waals surface area (Å²) in [6, 6.07) is 0. The molecule has 0 fully saturated rings. The third kappa shape index (κ3) is 11.9. The molecule has 0 heterocycles. The Hall–Kier alpha value is 0.543. The zero-order chi connectivity index (χ0) is 6.24. The number of hydrogen-bond acceptors (Lipinski definition) is 2. The molecule has 0 aliphatic carbocycles. The van der Waals surface area contributed by atoms with Gasteiger partial charge in [-0.15, -0.1) is 0 Å². The fourth-order valence-corrected chi connectivity index (χ4v) is 0.577. The molecule has 9 heavy (non-hydrogen) atoms. The van der Waals surface area contributed by atoms with Crippen molar-refractivity contribution in [3.63, 3.8) is 0 Å². The van der Waals surface area contributed by atoms with E-state index in [2.05, 4.69) is 0 Å². The van der Waals surface area contributed by atoms with Gasteiger partial charge in [-0.25, -0.2) is 0 Å². The van der Waals surface area contributed by atoms with Gasteiger partial charge < -0.3 is 10.2 Å². The van der Waals surface area contributed by atoms with Crippen LogP contribution in [0.4, 0.5) is 0 Å². The van der Waals surface area contributed by atoms with Crippen molar-refractivity contribution in [2.45, 2.75) is 25.7 Å². The molecule has 0 aliphatic rings. The fraction of sp³-hybridized carbons (Fsp3) is 1.00. The minimum absolute atomic E-state index is 0. The first-order valence-corrected chi connectivity index (χ1v) is 3.13.